The van der Waals surface area contributed by atoms with E-state index in [-0.39, 0.29) is 11.6 Å². The van der Waals surface area contributed by atoms with Crippen molar-refractivity contribution in [1.29, 1.82) is 0 Å². The van der Waals surface area contributed by atoms with Gasteiger partial charge in [-0.15, -0.1) is 11.3 Å². The molecule has 0 aliphatic heterocycles. The van der Waals surface area contributed by atoms with E-state index in [4.69, 9.17) is 11.6 Å². The predicted octanol–water partition coefficient (Wildman–Crippen LogP) is 4.76. The van der Waals surface area contributed by atoms with E-state index >= 15 is 0 Å². The van der Waals surface area contributed by atoms with Gasteiger partial charge in [-0.05, 0) is 24.3 Å². The van der Waals surface area contributed by atoms with Gasteiger partial charge in [-0.2, -0.15) is 4.99 Å². The van der Waals surface area contributed by atoms with Crippen molar-refractivity contribution < 1.29 is 9.72 Å². The molecule has 0 aliphatic carbocycles. The van der Waals surface area contributed by atoms with E-state index in [0.29, 0.717) is 20.1 Å². The van der Waals surface area contributed by atoms with E-state index in [1.807, 2.05) is 19.2 Å². The van der Waals surface area contributed by atoms with E-state index in [1.165, 1.54) is 34.8 Å². The van der Waals surface area contributed by atoms with Crippen LogP contribution in [0.2, 0.25) is 5.02 Å². The number of nitrogens with zero attached hydrogens (tertiary/aromatic N) is 3. The molecule has 4 aromatic rings. The highest BCUT2D eigenvalue weighted by molar-refractivity contribution is 7.21. The number of thiophene rings is 1. The molecule has 0 fully saturated rings. The molecule has 0 radical (unpaired) electrons. The Morgan fingerprint density at radius 1 is 1.19 bits per heavy atom. The fraction of sp³-hybridized carbons (Fsp3) is 0.0588. The first kappa shape index (κ1) is 16.9. The molecule has 0 spiro atoms. The van der Waals surface area contributed by atoms with Crippen LogP contribution in [0.4, 0.5) is 5.69 Å². The number of aromatic nitrogens is 1. The van der Waals surface area contributed by atoms with Gasteiger partial charge in [-0.25, -0.2) is 0 Å². The molecule has 1 amide bonds. The van der Waals surface area contributed by atoms with Crippen LogP contribution in [0.5, 0.6) is 0 Å². The summed E-state index contributed by atoms with van der Waals surface area (Å²) in [7, 11) is 1.81. The van der Waals surface area contributed by atoms with Crippen molar-refractivity contribution >= 4 is 66.2 Å². The third-order valence-corrected chi connectivity index (χ3v) is 6.40. The number of rotatable bonds is 2. The van der Waals surface area contributed by atoms with Crippen LogP contribution >= 0.6 is 34.3 Å². The summed E-state index contributed by atoms with van der Waals surface area (Å²) < 4.78 is 3.54. The minimum Gasteiger partial charge on any atom is -0.318 e. The Morgan fingerprint density at radius 2 is 2.00 bits per heavy atom. The predicted molar refractivity (Wildman–Crippen MR) is 104 cm³/mol. The zero-order valence-corrected chi connectivity index (χ0v) is 15.7. The first-order chi connectivity index (χ1) is 12.4. The molecular weight excluding hydrogens is 394 g/mol. The highest BCUT2D eigenvalue weighted by atomic mass is 35.5. The van der Waals surface area contributed by atoms with Crippen LogP contribution in [0.1, 0.15) is 9.67 Å². The number of aryl methyl sites for hydroxylation is 1. The smallest absolute Gasteiger partial charge is 0.289 e. The first-order valence-corrected chi connectivity index (χ1v) is 9.46. The molecule has 0 atom stereocenters. The summed E-state index contributed by atoms with van der Waals surface area (Å²) in [5, 5.41) is 12.1. The van der Waals surface area contributed by atoms with Gasteiger partial charge in [0.1, 0.15) is 0 Å². The van der Waals surface area contributed by atoms with Crippen LogP contribution in [0.25, 0.3) is 20.3 Å². The van der Waals surface area contributed by atoms with E-state index in [1.54, 1.807) is 22.8 Å². The van der Waals surface area contributed by atoms with Crippen molar-refractivity contribution in [1.82, 2.24) is 4.57 Å². The van der Waals surface area contributed by atoms with Gasteiger partial charge in [0.25, 0.3) is 11.6 Å². The highest BCUT2D eigenvalue weighted by Gasteiger charge is 2.14. The number of para-hydroxylation sites is 1. The van der Waals surface area contributed by atoms with E-state index < -0.39 is 4.92 Å². The maximum Gasteiger partial charge on any atom is 0.289 e. The maximum atomic E-state index is 12.6. The third-order valence-electron chi connectivity index (χ3n) is 3.89. The normalized spacial score (nSPS) is 12.2. The summed E-state index contributed by atoms with van der Waals surface area (Å²) in [4.78, 5) is 28.2. The average molecular weight is 404 g/mol. The first-order valence-electron chi connectivity index (χ1n) is 7.45. The van der Waals surface area contributed by atoms with Crippen LogP contribution in [-0.4, -0.2) is 15.4 Å². The number of carbonyl (C=O) groups is 1. The average Bonchev–Trinajstić information content (AvgIpc) is 3.16. The zero-order chi connectivity index (χ0) is 18.4. The Balaban J connectivity index is 1.80. The number of carbonyl (C=O) groups excluding carboxylic acids is 1. The summed E-state index contributed by atoms with van der Waals surface area (Å²) in [6, 6.07) is 11.7. The number of hydrogen-bond acceptors (Lipinski definition) is 5. The maximum absolute atomic E-state index is 12.6. The van der Waals surface area contributed by atoms with E-state index in [2.05, 4.69) is 4.99 Å². The second-order valence-electron chi connectivity index (χ2n) is 5.54. The number of benzene rings is 2. The number of thiazole rings is 1. The third kappa shape index (κ3) is 2.82. The molecule has 2 aromatic carbocycles. The van der Waals surface area contributed by atoms with Gasteiger partial charge in [-0.1, -0.05) is 29.0 Å². The second kappa shape index (κ2) is 6.31. The largest absolute Gasteiger partial charge is 0.318 e. The Morgan fingerprint density at radius 3 is 2.73 bits per heavy atom. The van der Waals surface area contributed by atoms with E-state index in [0.717, 1.165) is 14.9 Å². The minimum atomic E-state index is -0.454. The Labute approximate surface area is 159 Å². The van der Waals surface area contributed by atoms with Crippen LogP contribution in [0.3, 0.4) is 0 Å². The molecule has 6 nitrogen and oxygen atoms in total. The monoisotopic (exact) mass is 403 g/mol. The number of halogens is 1. The van der Waals surface area contributed by atoms with E-state index in [9.17, 15) is 14.9 Å². The van der Waals surface area contributed by atoms with Gasteiger partial charge >= 0.3 is 0 Å². The molecule has 0 bridgehead atoms. The molecule has 4 rings (SSSR count). The molecule has 26 heavy (non-hydrogen) atoms. The molecule has 2 heterocycles. The van der Waals surface area contributed by atoms with Crippen LogP contribution in [0, 0.1) is 10.1 Å². The molecule has 0 N–H and O–H groups in total. The summed E-state index contributed by atoms with van der Waals surface area (Å²) in [6.07, 6.45) is 0. The van der Waals surface area contributed by atoms with Crippen LogP contribution in [-0.2, 0) is 7.05 Å². The summed E-state index contributed by atoms with van der Waals surface area (Å²) in [6.45, 7) is 0. The summed E-state index contributed by atoms with van der Waals surface area (Å²) in [5.41, 5.74) is 0.828. The lowest BCUT2D eigenvalue weighted by atomic mass is 10.2. The number of nitro groups is 1. The fourth-order valence-electron chi connectivity index (χ4n) is 2.66. The topological polar surface area (TPSA) is 77.5 Å². The minimum absolute atomic E-state index is 0.00298. The summed E-state index contributed by atoms with van der Waals surface area (Å²) >= 11 is 8.87. The number of fused-ring (bicyclic) bond motifs is 2. The lowest BCUT2D eigenvalue weighted by Gasteiger charge is -1.97. The van der Waals surface area contributed by atoms with Gasteiger partial charge in [0, 0.05) is 29.3 Å². The second-order valence-corrected chi connectivity index (χ2v) is 8.04. The van der Waals surface area contributed by atoms with Gasteiger partial charge in [-0.3, -0.25) is 14.9 Å². The highest BCUT2D eigenvalue weighted by Crippen LogP contribution is 2.29. The molecule has 0 saturated heterocycles. The van der Waals surface area contributed by atoms with Crippen molar-refractivity contribution in [3.8, 4) is 0 Å². The SMILES string of the molecule is Cn1c(=NC(=O)c2cc3cc([N+](=O)[O-])ccc3s2)sc2cccc(Cl)c21. The Bertz CT molecular complexity index is 1270. The number of amides is 1. The Hall–Kier alpha value is -2.55. The number of non-ortho nitro benzene ring substituents is 1. The van der Waals surface area contributed by atoms with Crippen molar-refractivity contribution in [3.63, 3.8) is 0 Å². The van der Waals surface area contributed by atoms with Crippen molar-refractivity contribution in [2.45, 2.75) is 0 Å². The molecular formula is C17H10ClN3O3S2. The Kier molecular flexibility index (Phi) is 4.10. The zero-order valence-electron chi connectivity index (χ0n) is 13.3. The molecule has 2 aromatic heterocycles. The number of hydrogen-bond donors (Lipinski definition) is 0. The molecule has 130 valence electrons. The van der Waals surface area contributed by atoms with Gasteiger partial charge < -0.3 is 4.57 Å². The number of nitro benzene ring substituents is 1. The van der Waals surface area contributed by atoms with Crippen LogP contribution in [0.15, 0.2) is 47.5 Å². The molecule has 9 heteroatoms. The van der Waals surface area contributed by atoms with Gasteiger partial charge in [0.05, 0.1) is 25.0 Å². The van der Waals surface area contributed by atoms with Crippen molar-refractivity contribution in [3.05, 3.63) is 67.3 Å². The summed E-state index contributed by atoms with van der Waals surface area (Å²) in [5.74, 6) is -0.382. The molecule has 0 unspecified atom stereocenters. The van der Waals surface area contributed by atoms with Crippen LogP contribution < -0.4 is 4.80 Å². The van der Waals surface area contributed by atoms with Gasteiger partial charge in [0.15, 0.2) is 4.80 Å². The lowest BCUT2D eigenvalue weighted by molar-refractivity contribution is -0.384. The standard InChI is InChI=1S/C17H10ClN3O3S2/c1-20-15-11(18)3-2-4-13(15)26-17(20)19-16(22)14-8-9-7-10(21(23)24)5-6-12(9)25-14/h2-8H,1H3. The van der Waals surface area contributed by atoms with Crippen molar-refractivity contribution in [2.75, 3.05) is 0 Å². The molecule has 0 saturated carbocycles. The van der Waals surface area contributed by atoms with Gasteiger partial charge in [0.2, 0.25) is 0 Å². The quantitative estimate of drug-likeness (QED) is 0.357. The molecule has 0 aliphatic rings. The van der Waals surface area contributed by atoms with Crippen molar-refractivity contribution in [2.24, 2.45) is 12.0 Å². The lowest BCUT2D eigenvalue weighted by Crippen LogP contribution is -2.12. The fourth-order valence-corrected chi connectivity index (χ4v) is 4.98.